The van der Waals surface area contributed by atoms with Crippen molar-refractivity contribution < 1.29 is 13.4 Å². The zero-order valence-corrected chi connectivity index (χ0v) is 25.1. The number of carbonyl (C=O) groups excluding carboxylic acids is 1. The first-order valence-electron chi connectivity index (χ1n) is 14.5. The van der Waals surface area contributed by atoms with Crippen molar-refractivity contribution in [1.29, 1.82) is 4.78 Å². The van der Waals surface area contributed by atoms with Gasteiger partial charge in [-0.1, -0.05) is 0 Å². The van der Waals surface area contributed by atoms with E-state index >= 15 is 0 Å². The van der Waals surface area contributed by atoms with Crippen molar-refractivity contribution in [1.82, 2.24) is 19.4 Å². The van der Waals surface area contributed by atoms with Crippen molar-refractivity contribution in [3.8, 4) is 5.69 Å². The largest absolute Gasteiger partial charge is 0.343 e. The van der Waals surface area contributed by atoms with Gasteiger partial charge in [0.15, 0.2) is 0 Å². The number of hydrogen-bond donors (Lipinski definition) is 1. The second kappa shape index (κ2) is 11.2. The maximum Gasteiger partial charge on any atom is 0.219 e. The predicted molar refractivity (Wildman–Crippen MR) is 158 cm³/mol. The second-order valence-electron chi connectivity index (χ2n) is 12.1. The summed E-state index contributed by atoms with van der Waals surface area (Å²) in [6.45, 7) is 13.4. The summed E-state index contributed by atoms with van der Waals surface area (Å²) in [4.78, 5) is 21.0. The van der Waals surface area contributed by atoms with E-state index in [-0.39, 0.29) is 10.8 Å². The zero-order valence-electron chi connectivity index (χ0n) is 24.3. The Labute approximate surface area is 237 Å². The van der Waals surface area contributed by atoms with Gasteiger partial charge in [0.25, 0.3) is 0 Å². The molecule has 0 aliphatic carbocycles. The van der Waals surface area contributed by atoms with Crippen molar-refractivity contribution in [3.05, 3.63) is 53.7 Å². The molecule has 4 heterocycles. The summed E-state index contributed by atoms with van der Waals surface area (Å²) in [5, 5.41) is 0.685. The number of aromatic nitrogens is 2. The number of hydrogen-bond acceptors (Lipinski definition) is 5. The molecule has 3 atom stereocenters. The summed E-state index contributed by atoms with van der Waals surface area (Å²) >= 11 is 0. The van der Waals surface area contributed by atoms with Crippen LogP contribution in [0.4, 0.5) is 4.39 Å². The third-order valence-electron chi connectivity index (χ3n) is 9.22. The number of nitrogens with one attached hydrogen (secondary N) is 1. The summed E-state index contributed by atoms with van der Waals surface area (Å²) in [6, 6.07) is 4.77. The van der Waals surface area contributed by atoms with E-state index in [0.717, 1.165) is 68.3 Å². The number of piperidine rings is 1. The third-order valence-corrected chi connectivity index (χ3v) is 11.5. The molecule has 0 saturated carbocycles. The fourth-order valence-corrected chi connectivity index (χ4v) is 7.96. The van der Waals surface area contributed by atoms with Crippen molar-refractivity contribution in [3.63, 3.8) is 0 Å². The monoisotopic (exact) mass is 567 g/mol. The summed E-state index contributed by atoms with van der Waals surface area (Å²) in [5.74, 6) is 0.814. The van der Waals surface area contributed by atoms with Crippen LogP contribution in [0, 0.1) is 29.4 Å². The van der Waals surface area contributed by atoms with Crippen LogP contribution < -0.4 is 0 Å². The zero-order chi connectivity index (χ0) is 28.8. The number of rotatable bonds is 7. The average molecular weight is 568 g/mol. The van der Waals surface area contributed by atoms with Crippen LogP contribution in [0.25, 0.3) is 16.6 Å². The van der Waals surface area contributed by atoms with Gasteiger partial charge in [-0.05, 0) is 101 Å². The lowest BCUT2D eigenvalue weighted by molar-refractivity contribution is -0.130. The fraction of sp³-hybridized carbons (Fsp3) is 0.548. The minimum absolute atomic E-state index is 0.180. The molecule has 2 aliphatic heterocycles. The van der Waals surface area contributed by atoms with Gasteiger partial charge in [0, 0.05) is 55.6 Å². The highest BCUT2D eigenvalue weighted by Crippen LogP contribution is 2.35. The molecule has 0 radical (unpaired) electrons. The van der Waals surface area contributed by atoms with Crippen molar-refractivity contribution in [2.75, 3.05) is 26.2 Å². The minimum Gasteiger partial charge on any atom is -0.343 e. The molecule has 3 aromatic rings. The molecule has 2 fully saturated rings. The molecular weight excluding hydrogens is 525 g/mol. The normalized spacial score (nSPS) is 21.3. The second-order valence-corrected chi connectivity index (χ2v) is 14.7. The molecule has 1 amide bonds. The Morgan fingerprint density at radius 2 is 1.88 bits per heavy atom. The van der Waals surface area contributed by atoms with Crippen LogP contribution in [0.1, 0.15) is 58.1 Å². The van der Waals surface area contributed by atoms with Gasteiger partial charge in [0.1, 0.15) is 5.82 Å². The predicted octanol–water partition coefficient (Wildman–Crippen LogP) is 5.80. The van der Waals surface area contributed by atoms with Gasteiger partial charge in [0.2, 0.25) is 5.91 Å². The van der Waals surface area contributed by atoms with E-state index in [4.69, 9.17) is 4.78 Å². The molecule has 40 heavy (non-hydrogen) atoms. The Morgan fingerprint density at radius 1 is 1.15 bits per heavy atom. The molecule has 5 rings (SSSR count). The van der Waals surface area contributed by atoms with Gasteiger partial charge in [0.05, 0.1) is 32.0 Å². The highest BCUT2D eigenvalue weighted by Gasteiger charge is 2.33. The highest BCUT2D eigenvalue weighted by atomic mass is 32.2. The van der Waals surface area contributed by atoms with Gasteiger partial charge >= 0.3 is 0 Å². The van der Waals surface area contributed by atoms with Crippen LogP contribution in [-0.2, 0) is 20.9 Å². The number of carbonyl (C=O) groups is 1. The molecule has 2 aromatic heterocycles. The molecule has 7 nitrogen and oxygen atoms in total. The van der Waals surface area contributed by atoms with Crippen LogP contribution in [0.15, 0.2) is 41.7 Å². The molecule has 2 saturated heterocycles. The number of fused-ring (bicyclic) bond motifs is 1. The third kappa shape index (κ3) is 5.42. The first-order chi connectivity index (χ1) is 19.0. The molecule has 1 unspecified atom stereocenters. The Balaban J connectivity index is 1.41. The quantitative estimate of drug-likeness (QED) is 0.391. The van der Waals surface area contributed by atoms with E-state index in [1.807, 2.05) is 21.9 Å². The van der Waals surface area contributed by atoms with E-state index in [0.29, 0.717) is 23.6 Å². The average Bonchev–Trinajstić information content (AvgIpc) is 3.54. The number of halogens is 1. The van der Waals surface area contributed by atoms with Gasteiger partial charge in [-0.25, -0.2) is 13.4 Å². The first-order valence-corrected chi connectivity index (χ1v) is 16.1. The lowest BCUT2D eigenvalue weighted by Gasteiger charge is -2.38. The molecule has 0 spiro atoms. The fourth-order valence-electron chi connectivity index (χ4n) is 6.68. The van der Waals surface area contributed by atoms with E-state index in [1.165, 1.54) is 17.7 Å². The van der Waals surface area contributed by atoms with Crippen LogP contribution in [-0.4, -0.2) is 66.9 Å². The van der Waals surface area contributed by atoms with E-state index < -0.39 is 20.8 Å². The van der Waals surface area contributed by atoms with Crippen LogP contribution in [0.3, 0.4) is 0 Å². The number of amides is 1. The molecular formula is C31H42FN5O2S. The molecule has 1 N–H and O–H groups in total. The molecule has 1 aromatic carbocycles. The lowest BCUT2D eigenvalue weighted by Crippen LogP contribution is -2.44. The Morgan fingerprint density at radius 3 is 2.55 bits per heavy atom. The first kappa shape index (κ1) is 28.7. The van der Waals surface area contributed by atoms with Gasteiger partial charge < -0.3 is 14.4 Å². The Kier molecular flexibility index (Phi) is 8.08. The number of aryl methyl sites for hydroxylation is 1. The van der Waals surface area contributed by atoms with Crippen molar-refractivity contribution in [2.24, 2.45) is 11.8 Å². The highest BCUT2D eigenvalue weighted by molar-refractivity contribution is 7.93. The Bertz CT molecular complexity index is 1510. The molecule has 0 bridgehead atoms. The topological polar surface area (TPSA) is 82.3 Å². The van der Waals surface area contributed by atoms with E-state index in [2.05, 4.69) is 29.9 Å². The van der Waals surface area contributed by atoms with Gasteiger partial charge in [-0.3, -0.25) is 9.78 Å². The summed E-state index contributed by atoms with van der Waals surface area (Å²) < 4.78 is 38.4. The van der Waals surface area contributed by atoms with E-state index in [9.17, 15) is 13.4 Å². The lowest BCUT2D eigenvalue weighted by atomic mass is 9.89. The maximum atomic E-state index is 14.3. The minimum atomic E-state index is -3.22. The van der Waals surface area contributed by atoms with Crippen LogP contribution >= 0.6 is 0 Å². The Hall–Kier alpha value is -2.78. The molecule has 216 valence electrons. The summed E-state index contributed by atoms with van der Waals surface area (Å²) in [5.41, 5.74) is 3.76. The standard InChI is InChI=1S/C31H42FN5O2S/c1-20(2)40(33,39)30-15-27(32)6-7-28(30)37-19-26(31-21(3)16-34-17-29(31)37)14-24-8-11-36(18-24)22(4)25-9-12-35(13-10-25)23(5)38/h6-7,15-17,19-20,22,24-25,33H,8-14,18H2,1-5H3/t22-,24+,40?/m0/s1. The number of benzene rings is 1. The smallest absolute Gasteiger partial charge is 0.219 e. The van der Waals surface area contributed by atoms with E-state index in [1.54, 1.807) is 26.8 Å². The van der Waals surface area contributed by atoms with Crippen LogP contribution in [0.5, 0.6) is 0 Å². The number of nitrogens with zero attached hydrogens (tertiary/aromatic N) is 4. The SMILES string of the molecule is CC(=O)N1CCC([C@H](C)N2CC[C@H](Cc3cn(-c4ccc(F)cc4S(=N)(=O)C(C)C)c4cncc(C)c34)C2)CC1. The number of pyridine rings is 1. The van der Waals surface area contributed by atoms with Gasteiger partial charge in [-0.2, -0.15) is 0 Å². The summed E-state index contributed by atoms with van der Waals surface area (Å²) in [7, 11) is -3.22. The summed E-state index contributed by atoms with van der Waals surface area (Å²) in [6.07, 6.45) is 9.96. The van der Waals surface area contributed by atoms with Crippen molar-refractivity contribution in [2.45, 2.75) is 76.5 Å². The molecule has 2 aliphatic rings. The number of likely N-dealkylation sites (tertiary alicyclic amines) is 2. The van der Waals surface area contributed by atoms with Crippen molar-refractivity contribution >= 4 is 26.5 Å². The van der Waals surface area contributed by atoms with Crippen LogP contribution in [0.2, 0.25) is 0 Å². The maximum absolute atomic E-state index is 14.3. The molecule has 9 heteroatoms. The van der Waals surface area contributed by atoms with Gasteiger partial charge in [-0.15, -0.1) is 0 Å².